The minimum atomic E-state index is 0.704. The summed E-state index contributed by atoms with van der Waals surface area (Å²) >= 11 is 0. The van der Waals surface area contributed by atoms with Gasteiger partial charge < -0.3 is 4.90 Å². The van der Waals surface area contributed by atoms with Gasteiger partial charge in [-0.2, -0.15) is 5.26 Å². The maximum atomic E-state index is 9.18. The van der Waals surface area contributed by atoms with Crippen molar-refractivity contribution < 1.29 is 0 Å². The number of nitriles is 1. The summed E-state index contributed by atoms with van der Waals surface area (Å²) in [6, 6.07) is 8.39. The van der Waals surface area contributed by atoms with E-state index in [1.165, 1.54) is 12.0 Å². The fourth-order valence-electron chi connectivity index (χ4n) is 2.48. The second-order valence-corrected chi connectivity index (χ2v) is 5.32. The van der Waals surface area contributed by atoms with Gasteiger partial charge in [0.25, 0.3) is 0 Å². The summed E-state index contributed by atoms with van der Waals surface area (Å²) in [6.07, 6.45) is 1.22. The summed E-state index contributed by atoms with van der Waals surface area (Å²) in [5.74, 6) is 1.50. The van der Waals surface area contributed by atoms with Crippen LogP contribution in [0.1, 0.15) is 31.4 Å². The third-order valence-electron chi connectivity index (χ3n) is 3.95. The van der Waals surface area contributed by atoms with Crippen LogP contribution in [0.15, 0.2) is 18.2 Å². The summed E-state index contributed by atoms with van der Waals surface area (Å²) in [6.45, 7) is 8.85. The van der Waals surface area contributed by atoms with Gasteiger partial charge >= 0.3 is 0 Å². The molecule has 0 saturated carbocycles. The van der Waals surface area contributed by atoms with Crippen molar-refractivity contribution in [3.8, 4) is 6.07 Å². The van der Waals surface area contributed by atoms with E-state index < -0.39 is 0 Å². The molecule has 2 heteroatoms. The molecule has 0 N–H and O–H groups in total. The van der Waals surface area contributed by atoms with Crippen molar-refractivity contribution in [1.29, 1.82) is 5.26 Å². The number of rotatable bonds is 1. The van der Waals surface area contributed by atoms with Gasteiger partial charge in [-0.25, -0.2) is 0 Å². The van der Waals surface area contributed by atoms with Gasteiger partial charge in [0.15, 0.2) is 0 Å². The van der Waals surface area contributed by atoms with Crippen LogP contribution in [-0.2, 0) is 0 Å². The average Bonchev–Trinajstić information content (AvgIpc) is 2.32. The summed E-state index contributed by atoms with van der Waals surface area (Å²) in [5.41, 5.74) is 3.15. The molecule has 2 atom stereocenters. The molecule has 1 aliphatic rings. The zero-order valence-electron chi connectivity index (χ0n) is 10.9. The Balaban J connectivity index is 2.28. The molecule has 0 amide bonds. The van der Waals surface area contributed by atoms with Crippen molar-refractivity contribution >= 4 is 5.69 Å². The average molecular weight is 228 g/mol. The minimum Gasteiger partial charge on any atom is -0.370 e. The Kier molecular flexibility index (Phi) is 3.38. The molecule has 17 heavy (non-hydrogen) atoms. The lowest BCUT2D eigenvalue weighted by atomic mass is 9.88. The van der Waals surface area contributed by atoms with Crippen LogP contribution >= 0.6 is 0 Å². The Bertz CT molecular complexity index is 445. The zero-order valence-corrected chi connectivity index (χ0v) is 10.9. The van der Waals surface area contributed by atoms with Crippen LogP contribution < -0.4 is 4.90 Å². The first-order chi connectivity index (χ1) is 8.11. The predicted molar refractivity (Wildman–Crippen MR) is 71.1 cm³/mol. The standard InChI is InChI=1S/C15H20N2/c1-11-4-5-14(9-16)15(8-11)17-7-6-12(2)13(3)10-17/h4-5,8,12-13H,6-7,10H2,1-3H3. The molecule has 0 bridgehead atoms. The molecule has 1 fully saturated rings. The van der Waals surface area contributed by atoms with Crippen molar-refractivity contribution in [2.75, 3.05) is 18.0 Å². The predicted octanol–water partition coefficient (Wildman–Crippen LogP) is 3.35. The van der Waals surface area contributed by atoms with E-state index in [0.29, 0.717) is 5.92 Å². The molecule has 1 aromatic rings. The number of hydrogen-bond acceptors (Lipinski definition) is 2. The highest BCUT2D eigenvalue weighted by atomic mass is 15.1. The van der Waals surface area contributed by atoms with Crippen LogP contribution in [0.4, 0.5) is 5.69 Å². The van der Waals surface area contributed by atoms with Crippen molar-refractivity contribution in [2.45, 2.75) is 27.2 Å². The summed E-state index contributed by atoms with van der Waals surface area (Å²) in [5, 5.41) is 9.18. The first kappa shape index (κ1) is 12.0. The second kappa shape index (κ2) is 4.79. The molecule has 0 radical (unpaired) electrons. The van der Waals surface area contributed by atoms with Gasteiger partial charge in [0.2, 0.25) is 0 Å². The van der Waals surface area contributed by atoms with E-state index >= 15 is 0 Å². The molecular weight excluding hydrogens is 208 g/mol. The molecular formula is C15H20N2. The minimum absolute atomic E-state index is 0.704. The maximum absolute atomic E-state index is 9.18. The highest BCUT2D eigenvalue weighted by molar-refractivity contribution is 5.60. The van der Waals surface area contributed by atoms with Crippen LogP contribution in [0, 0.1) is 30.1 Å². The van der Waals surface area contributed by atoms with Crippen LogP contribution in [0.3, 0.4) is 0 Å². The molecule has 0 aromatic heterocycles. The van der Waals surface area contributed by atoms with Crippen molar-refractivity contribution in [2.24, 2.45) is 11.8 Å². The first-order valence-corrected chi connectivity index (χ1v) is 6.37. The Morgan fingerprint density at radius 3 is 2.71 bits per heavy atom. The molecule has 90 valence electrons. The number of hydrogen-bond donors (Lipinski definition) is 0. The third kappa shape index (κ3) is 2.44. The fourth-order valence-corrected chi connectivity index (χ4v) is 2.48. The first-order valence-electron chi connectivity index (χ1n) is 6.37. The lowest BCUT2D eigenvalue weighted by Gasteiger charge is -2.37. The van der Waals surface area contributed by atoms with E-state index in [0.717, 1.165) is 30.3 Å². The zero-order chi connectivity index (χ0) is 12.4. The van der Waals surface area contributed by atoms with Gasteiger partial charge in [0, 0.05) is 13.1 Å². The molecule has 0 aliphatic carbocycles. The lowest BCUT2D eigenvalue weighted by Crippen LogP contribution is -2.38. The van der Waals surface area contributed by atoms with E-state index in [1.807, 2.05) is 12.1 Å². The van der Waals surface area contributed by atoms with Gasteiger partial charge in [0.05, 0.1) is 11.3 Å². The normalized spacial score (nSPS) is 24.5. The fraction of sp³-hybridized carbons (Fsp3) is 0.533. The lowest BCUT2D eigenvalue weighted by molar-refractivity contribution is 0.324. The molecule has 1 heterocycles. The number of anilines is 1. The van der Waals surface area contributed by atoms with Crippen LogP contribution in [0.2, 0.25) is 0 Å². The molecule has 1 saturated heterocycles. The highest BCUT2D eigenvalue weighted by Gasteiger charge is 2.24. The maximum Gasteiger partial charge on any atom is 0.101 e. The van der Waals surface area contributed by atoms with Crippen LogP contribution in [-0.4, -0.2) is 13.1 Å². The van der Waals surface area contributed by atoms with E-state index in [4.69, 9.17) is 0 Å². The second-order valence-electron chi connectivity index (χ2n) is 5.32. The van der Waals surface area contributed by atoms with Crippen molar-refractivity contribution in [3.05, 3.63) is 29.3 Å². The van der Waals surface area contributed by atoms with E-state index in [9.17, 15) is 5.26 Å². The number of aryl methyl sites for hydroxylation is 1. The van der Waals surface area contributed by atoms with Gasteiger partial charge in [0.1, 0.15) is 6.07 Å². The number of nitrogens with zero attached hydrogens (tertiary/aromatic N) is 2. The highest BCUT2D eigenvalue weighted by Crippen LogP contribution is 2.29. The quantitative estimate of drug-likeness (QED) is 0.737. The largest absolute Gasteiger partial charge is 0.370 e. The summed E-state index contributed by atoms with van der Waals surface area (Å²) in [7, 11) is 0. The smallest absolute Gasteiger partial charge is 0.101 e. The third-order valence-corrected chi connectivity index (χ3v) is 3.95. The Morgan fingerprint density at radius 2 is 2.06 bits per heavy atom. The summed E-state index contributed by atoms with van der Waals surface area (Å²) in [4.78, 5) is 2.37. The van der Waals surface area contributed by atoms with Gasteiger partial charge in [-0.1, -0.05) is 19.9 Å². The molecule has 2 unspecified atom stereocenters. The topological polar surface area (TPSA) is 27.0 Å². The van der Waals surface area contributed by atoms with Gasteiger partial charge in [-0.3, -0.25) is 0 Å². The van der Waals surface area contributed by atoms with Crippen LogP contribution in [0.5, 0.6) is 0 Å². The molecule has 2 nitrogen and oxygen atoms in total. The van der Waals surface area contributed by atoms with Crippen LogP contribution in [0.25, 0.3) is 0 Å². The monoisotopic (exact) mass is 228 g/mol. The Morgan fingerprint density at radius 1 is 1.29 bits per heavy atom. The number of benzene rings is 1. The Labute approximate surface area is 104 Å². The molecule has 2 rings (SSSR count). The Hall–Kier alpha value is -1.49. The molecule has 1 aromatic carbocycles. The van der Waals surface area contributed by atoms with Crippen molar-refractivity contribution in [1.82, 2.24) is 0 Å². The number of piperidine rings is 1. The summed E-state index contributed by atoms with van der Waals surface area (Å²) < 4.78 is 0. The molecule has 0 spiro atoms. The van der Waals surface area contributed by atoms with Crippen molar-refractivity contribution in [3.63, 3.8) is 0 Å². The van der Waals surface area contributed by atoms with Gasteiger partial charge in [-0.05, 0) is 42.9 Å². The van der Waals surface area contributed by atoms with Gasteiger partial charge in [-0.15, -0.1) is 0 Å². The van der Waals surface area contributed by atoms with E-state index in [2.05, 4.69) is 37.8 Å². The van der Waals surface area contributed by atoms with E-state index in [1.54, 1.807) is 0 Å². The van der Waals surface area contributed by atoms with E-state index in [-0.39, 0.29) is 0 Å². The SMILES string of the molecule is Cc1ccc(C#N)c(N2CCC(C)C(C)C2)c1. The molecule has 1 aliphatic heterocycles.